The average Bonchev–Trinajstić information content (AvgIpc) is 3.21. The van der Waals surface area contributed by atoms with Crippen LogP contribution in [0.4, 0.5) is 0 Å². The van der Waals surface area contributed by atoms with E-state index in [0.717, 1.165) is 25.1 Å². The highest BCUT2D eigenvalue weighted by molar-refractivity contribution is 5.94. The second-order valence-corrected chi connectivity index (χ2v) is 7.70. The Labute approximate surface area is 173 Å². The summed E-state index contributed by atoms with van der Waals surface area (Å²) in [6, 6.07) is 9.73. The zero-order valence-electron chi connectivity index (χ0n) is 17.6. The van der Waals surface area contributed by atoms with Crippen molar-refractivity contribution in [2.24, 2.45) is 5.92 Å². The summed E-state index contributed by atoms with van der Waals surface area (Å²) >= 11 is 0. The maximum absolute atomic E-state index is 12.6. The molecule has 156 valence electrons. The van der Waals surface area contributed by atoms with Crippen LogP contribution in [0.2, 0.25) is 0 Å². The third kappa shape index (κ3) is 5.94. The first-order chi connectivity index (χ1) is 14.1. The zero-order valence-corrected chi connectivity index (χ0v) is 17.6. The van der Waals surface area contributed by atoms with E-state index in [1.165, 1.54) is 0 Å². The van der Waals surface area contributed by atoms with Crippen molar-refractivity contribution in [3.8, 4) is 11.5 Å². The molecule has 6 nitrogen and oxygen atoms in total. The second kappa shape index (κ2) is 10.3. The first-order valence-electron chi connectivity index (χ1n) is 10.4. The molecule has 1 N–H and O–H groups in total. The smallest absolute Gasteiger partial charge is 0.251 e. The largest absolute Gasteiger partial charge is 0.490 e. The lowest BCUT2D eigenvalue weighted by molar-refractivity contribution is 0.0946. The molecule has 0 unspecified atom stereocenters. The summed E-state index contributed by atoms with van der Waals surface area (Å²) in [4.78, 5) is 19.2. The van der Waals surface area contributed by atoms with Gasteiger partial charge in [-0.2, -0.15) is 0 Å². The molecule has 1 aliphatic heterocycles. The lowest BCUT2D eigenvalue weighted by Gasteiger charge is -2.20. The first kappa shape index (κ1) is 21.1. The maximum atomic E-state index is 12.6. The van der Waals surface area contributed by atoms with Crippen molar-refractivity contribution in [1.82, 2.24) is 15.2 Å². The monoisotopic (exact) mass is 397 g/mol. The maximum Gasteiger partial charge on any atom is 0.251 e. The van der Waals surface area contributed by atoms with E-state index in [9.17, 15) is 4.79 Å². The van der Waals surface area contributed by atoms with Gasteiger partial charge in [0.1, 0.15) is 6.61 Å². The van der Waals surface area contributed by atoms with Gasteiger partial charge in [-0.3, -0.25) is 9.78 Å². The van der Waals surface area contributed by atoms with Crippen molar-refractivity contribution in [3.05, 3.63) is 53.9 Å². The average molecular weight is 398 g/mol. The van der Waals surface area contributed by atoms with E-state index in [4.69, 9.17) is 9.47 Å². The molecule has 2 aromatic rings. The van der Waals surface area contributed by atoms with E-state index >= 15 is 0 Å². The molecule has 2 heterocycles. The minimum Gasteiger partial charge on any atom is -0.490 e. The highest BCUT2D eigenvalue weighted by Gasteiger charge is 2.24. The van der Waals surface area contributed by atoms with Crippen LogP contribution in [-0.2, 0) is 6.61 Å². The summed E-state index contributed by atoms with van der Waals surface area (Å²) in [5.41, 5.74) is 1.56. The van der Waals surface area contributed by atoms with Gasteiger partial charge in [0.15, 0.2) is 11.5 Å². The van der Waals surface area contributed by atoms with Crippen molar-refractivity contribution in [2.45, 2.75) is 39.8 Å². The fraction of sp³-hybridized carbons (Fsp3) is 0.478. The SMILES string of the molecule is CCOc1cc(C(=O)NC[C@@H]2CCN(C(C)C)C2)ccc1OCc1cccnc1. The number of aromatic nitrogens is 1. The van der Waals surface area contributed by atoms with E-state index in [1.54, 1.807) is 30.6 Å². The fourth-order valence-corrected chi connectivity index (χ4v) is 3.52. The Morgan fingerprint density at radius 1 is 1.28 bits per heavy atom. The van der Waals surface area contributed by atoms with E-state index in [0.29, 0.717) is 48.8 Å². The van der Waals surface area contributed by atoms with E-state index in [1.807, 2.05) is 19.1 Å². The first-order valence-corrected chi connectivity index (χ1v) is 10.4. The number of nitrogens with one attached hydrogen (secondary N) is 1. The van der Waals surface area contributed by atoms with Crippen molar-refractivity contribution in [3.63, 3.8) is 0 Å². The number of hydrogen-bond donors (Lipinski definition) is 1. The van der Waals surface area contributed by atoms with Crippen LogP contribution >= 0.6 is 0 Å². The van der Waals surface area contributed by atoms with Gasteiger partial charge in [0.05, 0.1) is 6.61 Å². The fourth-order valence-electron chi connectivity index (χ4n) is 3.52. The molecule has 0 spiro atoms. The molecule has 29 heavy (non-hydrogen) atoms. The Morgan fingerprint density at radius 2 is 2.14 bits per heavy atom. The molecule has 1 amide bonds. The van der Waals surface area contributed by atoms with Gasteiger partial charge >= 0.3 is 0 Å². The van der Waals surface area contributed by atoms with E-state index < -0.39 is 0 Å². The van der Waals surface area contributed by atoms with Crippen molar-refractivity contribution in [1.29, 1.82) is 0 Å². The minimum absolute atomic E-state index is 0.0761. The molecule has 1 atom stereocenters. The summed E-state index contributed by atoms with van der Waals surface area (Å²) in [6.07, 6.45) is 4.63. The normalized spacial score (nSPS) is 16.8. The topological polar surface area (TPSA) is 63.7 Å². The summed E-state index contributed by atoms with van der Waals surface area (Å²) in [5, 5.41) is 3.08. The van der Waals surface area contributed by atoms with Crippen LogP contribution in [0.3, 0.4) is 0 Å². The number of likely N-dealkylation sites (tertiary alicyclic amines) is 1. The molecule has 1 aromatic carbocycles. The molecule has 6 heteroatoms. The highest BCUT2D eigenvalue weighted by Crippen LogP contribution is 2.29. The Bertz CT molecular complexity index is 795. The van der Waals surface area contributed by atoms with Gasteiger partial charge in [0, 0.05) is 42.7 Å². The Hall–Kier alpha value is -2.60. The number of carbonyl (C=O) groups is 1. The van der Waals surface area contributed by atoms with Crippen LogP contribution in [0.15, 0.2) is 42.7 Å². The Balaban J connectivity index is 1.59. The third-order valence-electron chi connectivity index (χ3n) is 5.22. The third-order valence-corrected chi connectivity index (χ3v) is 5.22. The molecule has 1 fully saturated rings. The van der Waals surface area contributed by atoms with Gasteiger partial charge in [-0.1, -0.05) is 6.07 Å². The number of benzene rings is 1. The molecule has 0 aliphatic carbocycles. The number of hydrogen-bond acceptors (Lipinski definition) is 5. The molecular weight excluding hydrogens is 366 g/mol. The second-order valence-electron chi connectivity index (χ2n) is 7.70. The molecule has 0 bridgehead atoms. The lowest BCUT2D eigenvalue weighted by atomic mass is 10.1. The molecule has 0 saturated carbocycles. The lowest BCUT2D eigenvalue weighted by Crippen LogP contribution is -2.33. The summed E-state index contributed by atoms with van der Waals surface area (Å²) < 4.78 is 11.6. The van der Waals surface area contributed by atoms with E-state index in [2.05, 4.69) is 29.0 Å². The van der Waals surface area contributed by atoms with Gasteiger partial charge in [-0.15, -0.1) is 0 Å². The zero-order chi connectivity index (χ0) is 20.6. The summed E-state index contributed by atoms with van der Waals surface area (Å²) in [6.45, 7) is 10.1. The number of ether oxygens (including phenoxy) is 2. The standard InChI is InChI=1S/C23H31N3O3/c1-4-28-22-12-20(7-8-21(22)29-16-19-6-5-10-24-13-19)23(27)25-14-18-9-11-26(15-18)17(2)3/h5-8,10,12-13,17-18H,4,9,11,14-16H2,1-3H3,(H,25,27)/t18-/m0/s1. The van der Waals surface area contributed by atoms with Crippen LogP contribution in [0, 0.1) is 5.92 Å². The van der Waals surface area contributed by atoms with Gasteiger partial charge in [0.25, 0.3) is 5.91 Å². The molecular formula is C23H31N3O3. The van der Waals surface area contributed by atoms with Crippen LogP contribution in [-0.4, -0.2) is 48.1 Å². The van der Waals surface area contributed by atoms with Crippen molar-refractivity contribution < 1.29 is 14.3 Å². The van der Waals surface area contributed by atoms with Gasteiger partial charge in [-0.25, -0.2) is 0 Å². The quantitative estimate of drug-likeness (QED) is 0.701. The minimum atomic E-state index is -0.0761. The van der Waals surface area contributed by atoms with E-state index in [-0.39, 0.29) is 5.91 Å². The summed E-state index contributed by atoms with van der Waals surface area (Å²) in [7, 11) is 0. The number of amides is 1. The van der Waals surface area contributed by atoms with Gasteiger partial charge in [0.2, 0.25) is 0 Å². The predicted octanol–water partition coefficient (Wildman–Crippen LogP) is 3.52. The van der Waals surface area contributed by atoms with Crippen LogP contribution in [0.25, 0.3) is 0 Å². The number of rotatable bonds is 9. The summed E-state index contributed by atoms with van der Waals surface area (Å²) in [5.74, 6) is 1.63. The van der Waals surface area contributed by atoms with Gasteiger partial charge in [-0.05, 0) is 63.9 Å². The van der Waals surface area contributed by atoms with Crippen LogP contribution in [0.5, 0.6) is 11.5 Å². The van der Waals surface area contributed by atoms with Gasteiger partial charge < -0.3 is 19.7 Å². The van der Waals surface area contributed by atoms with Crippen molar-refractivity contribution in [2.75, 3.05) is 26.2 Å². The number of pyridine rings is 1. The van der Waals surface area contributed by atoms with Crippen molar-refractivity contribution >= 4 is 5.91 Å². The Kier molecular flexibility index (Phi) is 7.47. The molecule has 0 radical (unpaired) electrons. The van der Waals surface area contributed by atoms with Crippen LogP contribution < -0.4 is 14.8 Å². The predicted molar refractivity (Wildman–Crippen MR) is 113 cm³/mol. The molecule has 3 rings (SSSR count). The highest BCUT2D eigenvalue weighted by atomic mass is 16.5. The molecule has 1 aliphatic rings. The van der Waals surface area contributed by atoms with Crippen LogP contribution in [0.1, 0.15) is 43.1 Å². The number of nitrogens with zero attached hydrogens (tertiary/aromatic N) is 2. The Morgan fingerprint density at radius 3 is 2.83 bits per heavy atom. The molecule has 1 saturated heterocycles. The molecule has 1 aromatic heterocycles. The number of carbonyl (C=O) groups excluding carboxylic acids is 1.